The molecule has 0 aliphatic carbocycles. The summed E-state index contributed by atoms with van der Waals surface area (Å²) in [5.74, 6) is -0.0804. The van der Waals surface area contributed by atoms with Gasteiger partial charge in [0.05, 0.1) is 0 Å². The highest BCUT2D eigenvalue weighted by Crippen LogP contribution is 2.07. The second-order valence-electron chi connectivity index (χ2n) is 4.03. The number of carbonyl (C=O) groups is 1. The van der Waals surface area contributed by atoms with E-state index in [1.165, 1.54) is 6.07 Å². The Morgan fingerprint density at radius 1 is 1.50 bits per heavy atom. The molecule has 2 N–H and O–H groups in total. The molecule has 0 spiro atoms. The maximum Gasteiger partial charge on any atom is 0.220 e. The van der Waals surface area contributed by atoms with Gasteiger partial charge in [0.15, 0.2) is 0 Å². The molecule has 1 fully saturated rings. The van der Waals surface area contributed by atoms with Crippen LogP contribution in [0.1, 0.15) is 21.3 Å². The van der Waals surface area contributed by atoms with E-state index in [4.69, 9.17) is 0 Å². The molecule has 1 aliphatic rings. The quantitative estimate of drug-likeness (QED) is 0.820. The third kappa shape index (κ3) is 2.79. The highest BCUT2D eigenvalue weighted by Gasteiger charge is 2.19. The van der Waals surface area contributed by atoms with Gasteiger partial charge in [0.2, 0.25) is 5.91 Å². The van der Waals surface area contributed by atoms with E-state index in [1.54, 1.807) is 12.1 Å². The summed E-state index contributed by atoms with van der Waals surface area (Å²) >= 11 is 0. The molecular formula is C12H19FN2O. The first kappa shape index (κ1) is 11.1. The maximum atomic E-state index is 13.2. The van der Waals surface area contributed by atoms with Crippen molar-refractivity contribution in [1.29, 1.82) is 0 Å². The number of amides is 1. The van der Waals surface area contributed by atoms with Crippen LogP contribution in [-0.4, -0.2) is 18.5 Å². The van der Waals surface area contributed by atoms with Crippen LogP contribution >= 0.6 is 0 Å². The van der Waals surface area contributed by atoms with Crippen molar-refractivity contribution < 1.29 is 12.0 Å². The molecule has 0 unspecified atom stereocenters. The Labute approximate surface area is 97.0 Å². The lowest BCUT2D eigenvalue weighted by atomic mass is 10.2. The first-order valence-corrected chi connectivity index (χ1v) is 5.49. The molecule has 1 aromatic rings. The minimum absolute atomic E-state index is 0. The number of hydrogen-bond donors (Lipinski definition) is 2. The van der Waals surface area contributed by atoms with Crippen LogP contribution in [0.3, 0.4) is 0 Å². The molecule has 90 valence electrons. The van der Waals surface area contributed by atoms with E-state index >= 15 is 0 Å². The van der Waals surface area contributed by atoms with Gasteiger partial charge in [0, 0.05) is 34.0 Å². The van der Waals surface area contributed by atoms with Crippen LogP contribution in [0.25, 0.3) is 0 Å². The Morgan fingerprint density at radius 3 is 3.00 bits per heavy atom. The van der Waals surface area contributed by atoms with Gasteiger partial charge < -0.3 is 10.6 Å². The fourth-order valence-electron chi connectivity index (χ4n) is 1.85. The normalized spacial score (nSPS) is 19.8. The first-order chi connectivity index (χ1) is 7.75. The number of hydrogen-bond acceptors (Lipinski definition) is 2. The first-order valence-electron chi connectivity index (χ1n) is 5.49. The molecule has 2 rings (SSSR count). The molecule has 4 heteroatoms. The minimum Gasteiger partial charge on any atom is -0.352 e. The van der Waals surface area contributed by atoms with Gasteiger partial charge in [-0.1, -0.05) is 18.2 Å². The second-order valence-corrected chi connectivity index (χ2v) is 4.03. The fraction of sp³-hybridized carbons (Fsp3) is 0.417. The van der Waals surface area contributed by atoms with Gasteiger partial charge in [0.25, 0.3) is 0 Å². The van der Waals surface area contributed by atoms with Gasteiger partial charge in [0.1, 0.15) is 5.82 Å². The Hall–Kier alpha value is -1.42. The third-order valence-electron chi connectivity index (χ3n) is 2.75. The van der Waals surface area contributed by atoms with E-state index in [2.05, 4.69) is 10.6 Å². The van der Waals surface area contributed by atoms with Crippen molar-refractivity contribution in [3.05, 3.63) is 35.6 Å². The smallest absolute Gasteiger partial charge is 0.220 e. The van der Waals surface area contributed by atoms with E-state index < -0.39 is 0 Å². The van der Waals surface area contributed by atoms with Gasteiger partial charge in [-0.2, -0.15) is 0 Å². The largest absolute Gasteiger partial charge is 0.352 e. The van der Waals surface area contributed by atoms with Gasteiger partial charge in [-0.25, -0.2) is 4.39 Å². The molecule has 1 aromatic carbocycles. The average Bonchev–Trinajstić information content (AvgIpc) is 2.67. The van der Waals surface area contributed by atoms with Crippen molar-refractivity contribution in [3.63, 3.8) is 0 Å². The van der Waals surface area contributed by atoms with Gasteiger partial charge in [-0.3, -0.25) is 4.79 Å². The fourth-order valence-corrected chi connectivity index (χ4v) is 1.85. The van der Waals surface area contributed by atoms with Gasteiger partial charge in [-0.05, 0) is 12.5 Å². The molecule has 1 amide bonds. The maximum absolute atomic E-state index is 13.2. The molecule has 0 saturated carbocycles. The van der Waals surface area contributed by atoms with Crippen molar-refractivity contribution in [2.24, 2.45) is 0 Å². The average molecular weight is 226 g/mol. The van der Waals surface area contributed by atoms with Gasteiger partial charge in [-0.15, -0.1) is 0 Å². The van der Waals surface area contributed by atoms with Gasteiger partial charge >= 0.3 is 0 Å². The lowest BCUT2D eigenvalue weighted by Gasteiger charge is -2.11. The summed E-state index contributed by atoms with van der Waals surface area (Å²) in [5, 5.41) is 6.01. The molecule has 16 heavy (non-hydrogen) atoms. The zero-order valence-electron chi connectivity index (χ0n) is 9.00. The minimum atomic E-state index is -0.189. The highest BCUT2D eigenvalue weighted by molar-refractivity contribution is 5.78. The molecule has 1 saturated heterocycles. The third-order valence-corrected chi connectivity index (χ3v) is 2.75. The summed E-state index contributed by atoms with van der Waals surface area (Å²) in [5.41, 5.74) is 0.659. The zero-order valence-corrected chi connectivity index (χ0v) is 9.00. The summed E-state index contributed by atoms with van der Waals surface area (Å²) in [6.07, 6.45) is 1.47. The Kier molecular flexibility index (Phi) is 3.51. The van der Waals surface area contributed by atoms with Crippen LogP contribution in [0.4, 0.5) is 4.39 Å². The molecule has 0 bridgehead atoms. The molecule has 1 heterocycles. The van der Waals surface area contributed by atoms with Crippen LogP contribution in [0.15, 0.2) is 24.3 Å². The zero-order chi connectivity index (χ0) is 11.4. The van der Waals surface area contributed by atoms with Crippen LogP contribution in [0.5, 0.6) is 0 Å². The summed E-state index contributed by atoms with van der Waals surface area (Å²) in [7, 11) is 0. The van der Waals surface area contributed by atoms with E-state index in [0.29, 0.717) is 25.1 Å². The molecule has 1 atom stereocenters. The van der Waals surface area contributed by atoms with E-state index in [-0.39, 0.29) is 20.6 Å². The molecule has 3 nitrogen and oxygen atoms in total. The predicted octanol–water partition coefficient (Wildman–Crippen LogP) is 1.69. The summed E-state index contributed by atoms with van der Waals surface area (Å²) in [4.78, 5) is 10.9. The molecular weight excluding hydrogens is 207 g/mol. The van der Waals surface area contributed by atoms with Crippen molar-refractivity contribution >= 4 is 5.91 Å². The SMILES string of the molecule is O=C1CC[C@H](CNCc2ccccc2F)N1.[HH].[HH]. The molecule has 1 aliphatic heterocycles. The van der Waals surface area contributed by atoms with Crippen LogP contribution in [0.2, 0.25) is 0 Å². The van der Waals surface area contributed by atoms with Crippen molar-refractivity contribution in [2.75, 3.05) is 6.54 Å². The van der Waals surface area contributed by atoms with E-state index in [9.17, 15) is 9.18 Å². The Balaban J connectivity index is 0.00000144. The molecule has 0 aromatic heterocycles. The standard InChI is InChI=1S/C12H15FN2O.2H2/c13-11-4-2-1-3-9(11)7-14-8-10-5-6-12(16)15-10;;/h1-4,10,14H,5-8H2,(H,15,16);2*1H/t10-;;/m1../s1. The highest BCUT2D eigenvalue weighted by atomic mass is 19.1. The molecule has 0 radical (unpaired) electrons. The lowest BCUT2D eigenvalue weighted by Crippen LogP contribution is -2.35. The number of rotatable bonds is 4. The topological polar surface area (TPSA) is 41.1 Å². The number of nitrogens with one attached hydrogen (secondary N) is 2. The second kappa shape index (κ2) is 5.07. The van der Waals surface area contributed by atoms with Crippen LogP contribution < -0.4 is 10.6 Å². The summed E-state index contributed by atoms with van der Waals surface area (Å²) < 4.78 is 13.2. The predicted molar refractivity (Wildman–Crippen MR) is 63.5 cm³/mol. The number of benzene rings is 1. The van der Waals surface area contributed by atoms with Crippen molar-refractivity contribution in [1.82, 2.24) is 10.6 Å². The van der Waals surface area contributed by atoms with Crippen LogP contribution in [0, 0.1) is 5.82 Å². The van der Waals surface area contributed by atoms with Crippen LogP contribution in [-0.2, 0) is 11.3 Å². The Morgan fingerprint density at radius 2 is 2.31 bits per heavy atom. The van der Waals surface area contributed by atoms with Crippen molar-refractivity contribution in [3.8, 4) is 0 Å². The number of carbonyl (C=O) groups excluding carboxylic acids is 1. The summed E-state index contributed by atoms with van der Waals surface area (Å²) in [6, 6.07) is 6.90. The number of halogens is 1. The van der Waals surface area contributed by atoms with Crippen molar-refractivity contribution in [2.45, 2.75) is 25.4 Å². The van der Waals surface area contributed by atoms with E-state index in [1.807, 2.05) is 6.07 Å². The monoisotopic (exact) mass is 226 g/mol. The lowest BCUT2D eigenvalue weighted by molar-refractivity contribution is -0.119. The summed E-state index contributed by atoms with van der Waals surface area (Å²) in [6.45, 7) is 1.19. The van der Waals surface area contributed by atoms with E-state index in [0.717, 1.165) is 6.42 Å². The Bertz CT molecular complexity index is 390.